The third-order valence-electron chi connectivity index (χ3n) is 6.54. The van der Waals surface area contributed by atoms with E-state index in [0.717, 1.165) is 11.3 Å². The van der Waals surface area contributed by atoms with Crippen molar-refractivity contribution < 1.29 is 0 Å². The van der Waals surface area contributed by atoms with Crippen LogP contribution in [0.4, 0.5) is 0 Å². The standard InChI is InChI=1S/C29H29BN2/c1-20(2)25-11-9-12-26(21(3)4)29(25)30-27-19-23(28-13-5-7-16-31-28)15-14-22(27)18-24-10-6-8-17-32(24)30/h5-21H,1-4H3. The molecule has 3 heteroatoms. The predicted octanol–water partition coefficient (Wildman–Crippen LogP) is 5.84. The Morgan fingerprint density at radius 3 is 2.31 bits per heavy atom. The lowest BCUT2D eigenvalue weighted by atomic mass is 9.43. The summed E-state index contributed by atoms with van der Waals surface area (Å²) < 4.78 is 0. The van der Waals surface area contributed by atoms with E-state index < -0.39 is 0 Å². The zero-order chi connectivity index (χ0) is 22.2. The average Bonchev–Trinajstić information content (AvgIpc) is 2.82. The van der Waals surface area contributed by atoms with Crippen molar-refractivity contribution in [1.82, 2.24) is 9.79 Å². The lowest BCUT2D eigenvalue weighted by Crippen LogP contribution is -2.58. The Morgan fingerprint density at radius 1 is 0.844 bits per heavy atom. The number of hydrogen-bond acceptors (Lipinski definition) is 2. The van der Waals surface area contributed by atoms with Gasteiger partial charge in [0.15, 0.2) is 0 Å². The summed E-state index contributed by atoms with van der Waals surface area (Å²) in [5.74, 6) is 0.898. The maximum Gasteiger partial charge on any atom is 0.328 e. The zero-order valence-corrected chi connectivity index (χ0v) is 19.3. The van der Waals surface area contributed by atoms with Crippen LogP contribution in [0.25, 0.3) is 17.3 Å². The number of allylic oxidation sites excluding steroid dienone is 3. The van der Waals surface area contributed by atoms with Crippen molar-refractivity contribution in [2.24, 2.45) is 0 Å². The molecule has 0 N–H and O–H groups in total. The second-order valence-corrected chi connectivity index (χ2v) is 9.30. The monoisotopic (exact) mass is 416 g/mol. The van der Waals surface area contributed by atoms with Crippen LogP contribution in [0.3, 0.4) is 0 Å². The van der Waals surface area contributed by atoms with Gasteiger partial charge in [-0.05, 0) is 81.6 Å². The van der Waals surface area contributed by atoms with Gasteiger partial charge in [-0.1, -0.05) is 76.2 Å². The van der Waals surface area contributed by atoms with E-state index in [2.05, 4.69) is 117 Å². The minimum absolute atomic E-state index is 0.130. The van der Waals surface area contributed by atoms with Gasteiger partial charge >= 0.3 is 6.85 Å². The third kappa shape index (κ3) is 3.52. The number of aromatic nitrogens is 1. The minimum atomic E-state index is 0.130. The Bertz CT molecular complexity index is 1210. The summed E-state index contributed by atoms with van der Waals surface area (Å²) in [5.41, 5.74) is 10.3. The van der Waals surface area contributed by atoms with E-state index in [9.17, 15) is 0 Å². The summed E-state index contributed by atoms with van der Waals surface area (Å²) in [6.07, 6.45) is 12.9. The molecule has 32 heavy (non-hydrogen) atoms. The maximum atomic E-state index is 4.61. The van der Waals surface area contributed by atoms with Crippen molar-refractivity contribution in [1.29, 1.82) is 0 Å². The van der Waals surface area contributed by atoms with Crippen LogP contribution in [0, 0.1) is 0 Å². The van der Waals surface area contributed by atoms with Crippen LogP contribution < -0.4 is 10.9 Å². The first-order chi connectivity index (χ1) is 15.5. The van der Waals surface area contributed by atoms with Gasteiger partial charge in [-0.2, -0.15) is 0 Å². The van der Waals surface area contributed by atoms with Crippen LogP contribution in [0.1, 0.15) is 56.2 Å². The molecule has 0 unspecified atom stereocenters. The molecular formula is C29H29BN2. The topological polar surface area (TPSA) is 16.1 Å². The van der Waals surface area contributed by atoms with Gasteiger partial charge in [-0.25, -0.2) is 0 Å². The number of hydrogen-bond donors (Lipinski definition) is 0. The molecular weight excluding hydrogens is 387 g/mol. The lowest BCUT2D eigenvalue weighted by Gasteiger charge is -2.38. The molecule has 2 nitrogen and oxygen atoms in total. The zero-order valence-electron chi connectivity index (χ0n) is 19.3. The smallest absolute Gasteiger partial charge is 0.328 e. The van der Waals surface area contributed by atoms with Crippen LogP contribution >= 0.6 is 0 Å². The van der Waals surface area contributed by atoms with Gasteiger partial charge < -0.3 is 4.81 Å². The summed E-state index contributed by atoms with van der Waals surface area (Å²) in [4.78, 5) is 7.06. The van der Waals surface area contributed by atoms with Gasteiger partial charge in [0.05, 0.1) is 5.69 Å². The molecule has 2 aliphatic heterocycles. The van der Waals surface area contributed by atoms with Crippen molar-refractivity contribution in [3.63, 3.8) is 0 Å². The fraction of sp³-hybridized carbons (Fsp3) is 0.207. The first-order valence-corrected chi connectivity index (χ1v) is 11.6. The fourth-order valence-electron chi connectivity index (χ4n) is 4.99. The Balaban J connectivity index is 1.79. The molecule has 0 atom stereocenters. The van der Waals surface area contributed by atoms with Gasteiger partial charge in [-0.15, -0.1) is 0 Å². The van der Waals surface area contributed by atoms with Crippen LogP contribution in [-0.4, -0.2) is 16.6 Å². The molecule has 2 aliphatic rings. The average molecular weight is 416 g/mol. The number of pyridine rings is 1. The molecule has 0 fully saturated rings. The van der Waals surface area contributed by atoms with Crippen molar-refractivity contribution in [2.45, 2.75) is 39.5 Å². The maximum absolute atomic E-state index is 4.61. The van der Waals surface area contributed by atoms with Gasteiger partial charge in [-0.3, -0.25) is 4.98 Å². The second-order valence-electron chi connectivity index (χ2n) is 9.30. The number of rotatable bonds is 4. The molecule has 5 rings (SSSR count). The highest BCUT2D eigenvalue weighted by atomic mass is 15.1. The highest BCUT2D eigenvalue weighted by Crippen LogP contribution is 2.29. The van der Waals surface area contributed by atoms with Gasteiger partial charge in [0.25, 0.3) is 0 Å². The molecule has 0 aliphatic carbocycles. The van der Waals surface area contributed by atoms with E-state index >= 15 is 0 Å². The van der Waals surface area contributed by atoms with Crippen molar-refractivity contribution in [3.8, 4) is 11.3 Å². The van der Waals surface area contributed by atoms with Gasteiger partial charge in [0, 0.05) is 11.9 Å². The van der Waals surface area contributed by atoms with Crippen LogP contribution in [0.2, 0.25) is 0 Å². The summed E-state index contributed by atoms with van der Waals surface area (Å²) in [5, 5.41) is 0. The van der Waals surface area contributed by atoms with E-state index in [1.54, 1.807) is 0 Å². The largest absolute Gasteiger partial charge is 0.383 e. The quantitative estimate of drug-likeness (QED) is 0.497. The molecule has 0 bridgehead atoms. The lowest BCUT2D eigenvalue weighted by molar-refractivity contribution is 0.742. The Labute approximate surface area is 192 Å². The Kier molecular flexibility index (Phi) is 5.34. The van der Waals surface area contributed by atoms with Gasteiger partial charge in [0.2, 0.25) is 0 Å². The SMILES string of the molecule is CC(C)c1cccc(C(C)C)c1B1c2cc(-c3ccccn3)ccc2C=C2C=CC=CN12. The third-order valence-corrected chi connectivity index (χ3v) is 6.54. The fourth-order valence-corrected chi connectivity index (χ4v) is 4.99. The molecule has 2 aromatic carbocycles. The molecule has 158 valence electrons. The molecule has 0 amide bonds. The van der Waals surface area contributed by atoms with E-state index in [1.165, 1.54) is 33.3 Å². The molecule has 1 aromatic heterocycles. The van der Waals surface area contributed by atoms with Gasteiger partial charge in [0.1, 0.15) is 0 Å². The normalized spacial score (nSPS) is 14.6. The summed E-state index contributed by atoms with van der Waals surface area (Å²) in [7, 11) is 0. The first-order valence-electron chi connectivity index (χ1n) is 11.6. The Hall–Kier alpha value is -3.33. The predicted molar refractivity (Wildman–Crippen MR) is 137 cm³/mol. The molecule has 0 radical (unpaired) electrons. The van der Waals surface area contributed by atoms with Crippen molar-refractivity contribution in [3.05, 3.63) is 108 Å². The molecule has 0 saturated carbocycles. The van der Waals surface area contributed by atoms with Crippen LogP contribution in [0.15, 0.2) is 90.9 Å². The highest BCUT2D eigenvalue weighted by Gasteiger charge is 2.37. The second kappa shape index (κ2) is 8.31. The van der Waals surface area contributed by atoms with E-state index in [0.29, 0.717) is 11.8 Å². The van der Waals surface area contributed by atoms with Crippen LogP contribution in [-0.2, 0) is 0 Å². The molecule has 0 saturated heterocycles. The van der Waals surface area contributed by atoms with Crippen molar-refractivity contribution in [2.75, 3.05) is 0 Å². The first kappa shape index (κ1) is 20.6. The molecule has 3 aromatic rings. The van der Waals surface area contributed by atoms with Crippen LogP contribution in [0.5, 0.6) is 0 Å². The number of nitrogens with zero attached hydrogens (tertiary/aromatic N) is 2. The van der Waals surface area contributed by atoms with Crippen molar-refractivity contribution >= 4 is 23.8 Å². The van der Waals surface area contributed by atoms with E-state index in [4.69, 9.17) is 0 Å². The van der Waals surface area contributed by atoms with E-state index in [1.807, 2.05) is 12.3 Å². The highest BCUT2D eigenvalue weighted by molar-refractivity contribution is 6.85. The number of benzene rings is 2. The molecule has 3 heterocycles. The summed E-state index contributed by atoms with van der Waals surface area (Å²) in [6.45, 7) is 9.35. The molecule has 0 spiro atoms. The van der Waals surface area contributed by atoms with E-state index in [-0.39, 0.29) is 6.85 Å². The summed E-state index contributed by atoms with van der Waals surface area (Å²) in [6, 6.07) is 19.8. The Morgan fingerprint density at radius 2 is 1.62 bits per heavy atom. The minimum Gasteiger partial charge on any atom is -0.383 e. The number of fused-ring (bicyclic) bond motifs is 2. The summed E-state index contributed by atoms with van der Waals surface area (Å²) >= 11 is 0.